The lowest BCUT2D eigenvalue weighted by Crippen LogP contribution is -2.18. The van der Waals surface area contributed by atoms with E-state index < -0.39 is 24.0 Å². The Balaban J connectivity index is 1.99. The molecule has 3 rings (SSSR count). The summed E-state index contributed by atoms with van der Waals surface area (Å²) in [6, 6.07) is 11.1. The van der Waals surface area contributed by atoms with Crippen LogP contribution in [0.3, 0.4) is 0 Å². The largest absolute Gasteiger partial charge is 0.508 e. The van der Waals surface area contributed by atoms with Gasteiger partial charge in [0.1, 0.15) is 23.5 Å². The molecule has 0 spiro atoms. The van der Waals surface area contributed by atoms with Crippen LogP contribution in [-0.4, -0.2) is 27.3 Å². The zero-order chi connectivity index (χ0) is 17.3. The van der Waals surface area contributed by atoms with Gasteiger partial charge in [-0.2, -0.15) is 0 Å². The molecule has 2 aromatic carbocycles. The number of phenolic OH excluding ortho intramolecular Hbond substituents is 1. The van der Waals surface area contributed by atoms with Crippen molar-refractivity contribution >= 4 is 18.0 Å². The number of aromatic hydroxyl groups is 1. The van der Waals surface area contributed by atoms with Crippen molar-refractivity contribution in [1.29, 1.82) is 0 Å². The van der Waals surface area contributed by atoms with Gasteiger partial charge in [0.05, 0.1) is 0 Å². The van der Waals surface area contributed by atoms with Crippen molar-refractivity contribution in [3.8, 4) is 11.5 Å². The summed E-state index contributed by atoms with van der Waals surface area (Å²) in [5.41, 5.74) is 1.71. The molecule has 2 atom stereocenters. The Morgan fingerprint density at radius 3 is 2.38 bits per heavy atom. The van der Waals surface area contributed by atoms with E-state index in [2.05, 4.69) is 0 Å². The highest BCUT2D eigenvalue weighted by Gasteiger charge is 2.40. The fourth-order valence-electron chi connectivity index (χ4n) is 2.74. The van der Waals surface area contributed by atoms with Gasteiger partial charge in [-0.3, -0.25) is 4.79 Å². The quantitative estimate of drug-likeness (QED) is 0.746. The number of carboxylic acids is 2. The molecule has 0 radical (unpaired) electrons. The van der Waals surface area contributed by atoms with Gasteiger partial charge in [-0.15, -0.1) is 0 Å². The third kappa shape index (κ3) is 2.94. The molecule has 0 saturated carbocycles. The summed E-state index contributed by atoms with van der Waals surface area (Å²) in [4.78, 5) is 22.4. The number of hydrogen-bond donors (Lipinski definition) is 3. The zero-order valence-electron chi connectivity index (χ0n) is 12.4. The molecule has 0 aliphatic carbocycles. The summed E-state index contributed by atoms with van der Waals surface area (Å²) in [7, 11) is 0. The van der Waals surface area contributed by atoms with E-state index >= 15 is 0 Å². The second kappa shape index (κ2) is 6.08. The maximum atomic E-state index is 11.8. The van der Waals surface area contributed by atoms with Gasteiger partial charge >= 0.3 is 11.9 Å². The zero-order valence-corrected chi connectivity index (χ0v) is 12.4. The van der Waals surface area contributed by atoms with E-state index in [0.29, 0.717) is 22.4 Å². The van der Waals surface area contributed by atoms with Crippen LogP contribution in [0.5, 0.6) is 11.5 Å². The van der Waals surface area contributed by atoms with Crippen molar-refractivity contribution in [2.45, 2.75) is 12.0 Å². The standard InChI is InChI=1S/C18H14O6/c19-12-5-3-11(4-6-12)17-16(18(22)23)13-9-10(2-8-15(20)21)1-7-14(13)24-17/h1-9,16-17,19H,(H,20,21)(H,22,23)/b8-2+/t16-,17-/m1/s1. The molecule has 24 heavy (non-hydrogen) atoms. The molecule has 1 aliphatic rings. The fourth-order valence-corrected chi connectivity index (χ4v) is 2.74. The van der Waals surface area contributed by atoms with Crippen LogP contribution in [-0.2, 0) is 9.59 Å². The highest BCUT2D eigenvalue weighted by atomic mass is 16.5. The highest BCUT2D eigenvalue weighted by Crippen LogP contribution is 2.46. The summed E-state index contributed by atoms with van der Waals surface area (Å²) >= 11 is 0. The van der Waals surface area contributed by atoms with Crippen LogP contribution in [0.25, 0.3) is 6.08 Å². The number of rotatable bonds is 4. The van der Waals surface area contributed by atoms with Crippen molar-refractivity contribution in [2.75, 3.05) is 0 Å². The van der Waals surface area contributed by atoms with E-state index in [1.54, 1.807) is 30.3 Å². The lowest BCUT2D eigenvalue weighted by Gasteiger charge is -2.16. The number of hydrogen-bond acceptors (Lipinski definition) is 4. The topological polar surface area (TPSA) is 104 Å². The van der Waals surface area contributed by atoms with Crippen LogP contribution in [0.1, 0.15) is 28.7 Å². The summed E-state index contributed by atoms with van der Waals surface area (Å²) < 4.78 is 5.78. The molecule has 0 saturated heterocycles. The van der Waals surface area contributed by atoms with E-state index in [-0.39, 0.29) is 5.75 Å². The van der Waals surface area contributed by atoms with E-state index in [1.165, 1.54) is 18.2 Å². The number of ether oxygens (including phenoxy) is 1. The number of benzene rings is 2. The molecule has 6 nitrogen and oxygen atoms in total. The summed E-state index contributed by atoms with van der Waals surface area (Å²) in [6.45, 7) is 0. The Morgan fingerprint density at radius 2 is 1.75 bits per heavy atom. The Labute approximate surface area is 137 Å². The van der Waals surface area contributed by atoms with Crippen molar-refractivity contribution in [3.05, 3.63) is 65.2 Å². The van der Waals surface area contributed by atoms with Crippen molar-refractivity contribution in [1.82, 2.24) is 0 Å². The van der Waals surface area contributed by atoms with Crippen LogP contribution >= 0.6 is 0 Å². The van der Waals surface area contributed by atoms with Gasteiger partial charge in [-0.05, 0) is 41.5 Å². The molecule has 0 amide bonds. The first-order valence-electron chi connectivity index (χ1n) is 7.19. The molecule has 2 aromatic rings. The predicted octanol–water partition coefficient (Wildman–Crippen LogP) is 2.79. The highest BCUT2D eigenvalue weighted by molar-refractivity contribution is 5.86. The number of phenols is 1. The molecular formula is C18H14O6. The monoisotopic (exact) mass is 326 g/mol. The maximum absolute atomic E-state index is 11.8. The van der Waals surface area contributed by atoms with Crippen LogP contribution in [0.4, 0.5) is 0 Å². The first-order valence-corrected chi connectivity index (χ1v) is 7.19. The number of fused-ring (bicyclic) bond motifs is 1. The molecule has 3 N–H and O–H groups in total. The average molecular weight is 326 g/mol. The Kier molecular flexibility index (Phi) is 3.95. The third-order valence-electron chi connectivity index (χ3n) is 3.83. The second-order valence-corrected chi connectivity index (χ2v) is 5.41. The first kappa shape index (κ1) is 15.6. The first-order chi connectivity index (χ1) is 11.5. The molecule has 0 bridgehead atoms. The average Bonchev–Trinajstić information content (AvgIpc) is 2.92. The van der Waals surface area contributed by atoms with Crippen molar-refractivity contribution in [2.24, 2.45) is 0 Å². The number of carboxylic acid groups (broad SMARTS) is 2. The third-order valence-corrected chi connectivity index (χ3v) is 3.83. The van der Waals surface area contributed by atoms with E-state index in [9.17, 15) is 19.8 Å². The Hall–Kier alpha value is -3.28. The van der Waals surface area contributed by atoms with Crippen molar-refractivity contribution in [3.63, 3.8) is 0 Å². The number of carbonyl (C=O) groups is 2. The number of aliphatic carboxylic acids is 2. The van der Waals surface area contributed by atoms with Crippen LogP contribution in [0.2, 0.25) is 0 Å². The summed E-state index contributed by atoms with van der Waals surface area (Å²) in [5.74, 6) is -2.49. The van der Waals surface area contributed by atoms with Crippen LogP contribution in [0, 0.1) is 0 Å². The molecule has 0 unspecified atom stereocenters. The van der Waals surface area contributed by atoms with Gasteiger partial charge in [0.15, 0.2) is 0 Å². The molecule has 0 fully saturated rings. The maximum Gasteiger partial charge on any atom is 0.328 e. The van der Waals surface area contributed by atoms with Crippen molar-refractivity contribution < 1.29 is 29.6 Å². The minimum atomic E-state index is -1.08. The second-order valence-electron chi connectivity index (χ2n) is 5.41. The minimum Gasteiger partial charge on any atom is -0.508 e. The lowest BCUT2D eigenvalue weighted by atomic mass is 9.90. The summed E-state index contributed by atoms with van der Waals surface area (Å²) in [5, 5.41) is 27.7. The van der Waals surface area contributed by atoms with E-state index in [4.69, 9.17) is 9.84 Å². The Bertz CT molecular complexity index is 822. The van der Waals surface area contributed by atoms with Gasteiger partial charge in [0, 0.05) is 11.6 Å². The summed E-state index contributed by atoms with van der Waals surface area (Å²) in [6.07, 6.45) is 1.68. The van der Waals surface area contributed by atoms with Gasteiger partial charge in [0.2, 0.25) is 0 Å². The molecule has 0 aromatic heterocycles. The lowest BCUT2D eigenvalue weighted by molar-refractivity contribution is -0.140. The predicted molar refractivity (Wildman–Crippen MR) is 85.0 cm³/mol. The van der Waals surface area contributed by atoms with Gasteiger partial charge in [0.25, 0.3) is 0 Å². The molecule has 1 heterocycles. The molecule has 122 valence electrons. The van der Waals surface area contributed by atoms with Gasteiger partial charge in [-0.1, -0.05) is 18.2 Å². The minimum absolute atomic E-state index is 0.0854. The molecular weight excluding hydrogens is 312 g/mol. The van der Waals surface area contributed by atoms with E-state index in [1.807, 2.05) is 0 Å². The Morgan fingerprint density at radius 1 is 1.04 bits per heavy atom. The fraction of sp³-hybridized carbons (Fsp3) is 0.111. The molecule has 1 aliphatic heterocycles. The van der Waals surface area contributed by atoms with Gasteiger partial charge in [-0.25, -0.2) is 4.79 Å². The molecule has 6 heteroatoms. The SMILES string of the molecule is O=C(O)/C=C/c1ccc2c(c1)[C@@H](C(=O)O)[C@@H](c1ccc(O)cc1)O2. The van der Waals surface area contributed by atoms with E-state index in [0.717, 1.165) is 6.08 Å². The van der Waals surface area contributed by atoms with Crippen LogP contribution < -0.4 is 4.74 Å². The van der Waals surface area contributed by atoms with Crippen LogP contribution in [0.15, 0.2) is 48.5 Å². The normalized spacial score (nSPS) is 19.0. The van der Waals surface area contributed by atoms with Gasteiger partial charge < -0.3 is 20.1 Å². The smallest absolute Gasteiger partial charge is 0.328 e.